The molecule has 1 aromatic heterocycles. The Hall–Kier alpha value is -3.13. The molecule has 0 unspecified atom stereocenters. The second-order valence-corrected chi connectivity index (χ2v) is 6.36. The summed E-state index contributed by atoms with van der Waals surface area (Å²) < 4.78 is 31.8. The molecule has 0 fully saturated rings. The van der Waals surface area contributed by atoms with E-state index in [0.29, 0.717) is 17.3 Å². The first kappa shape index (κ1) is 18.7. The van der Waals surface area contributed by atoms with Crippen LogP contribution in [0.1, 0.15) is 27.0 Å². The maximum absolute atomic E-state index is 13.8. The first-order valence-electron chi connectivity index (χ1n) is 7.99. The van der Waals surface area contributed by atoms with Crippen LogP contribution in [0.5, 0.6) is 0 Å². The topological polar surface area (TPSA) is 68.3 Å². The minimum Gasteiger partial charge on any atom is -0.462 e. The molecule has 138 valence electrons. The van der Waals surface area contributed by atoms with Gasteiger partial charge in [-0.25, -0.2) is 18.6 Å². The third-order valence-corrected chi connectivity index (χ3v) is 4.48. The monoisotopic (exact) mass is 388 g/mol. The molecule has 0 aliphatic heterocycles. The van der Waals surface area contributed by atoms with Gasteiger partial charge in [-0.3, -0.25) is 10.1 Å². The van der Waals surface area contributed by atoms with E-state index in [1.807, 2.05) is 6.07 Å². The average Bonchev–Trinajstić information content (AvgIpc) is 3.06. The smallest absolute Gasteiger partial charge is 0.350 e. The van der Waals surface area contributed by atoms with Gasteiger partial charge in [-0.2, -0.15) is 0 Å². The molecule has 1 N–H and O–H groups in total. The van der Waals surface area contributed by atoms with Gasteiger partial charge in [0.2, 0.25) is 0 Å². The first-order chi connectivity index (χ1) is 13.0. The molecule has 1 amide bonds. The number of nitrogens with zero attached hydrogens (tertiary/aromatic N) is 1. The molecule has 0 radical (unpaired) electrons. The molecule has 0 spiro atoms. The highest BCUT2D eigenvalue weighted by atomic mass is 32.1. The summed E-state index contributed by atoms with van der Waals surface area (Å²) in [4.78, 5) is 29.0. The van der Waals surface area contributed by atoms with Gasteiger partial charge in [0.1, 0.15) is 16.5 Å². The number of rotatable bonds is 5. The number of hydrogen-bond acceptors (Lipinski definition) is 5. The lowest BCUT2D eigenvalue weighted by atomic mass is 10.1. The third-order valence-electron chi connectivity index (χ3n) is 3.53. The number of carbonyl (C=O) groups is 2. The lowest BCUT2D eigenvalue weighted by molar-refractivity contribution is 0.0532. The second kappa shape index (κ2) is 8.05. The van der Waals surface area contributed by atoms with Crippen LogP contribution in [0, 0.1) is 11.6 Å². The van der Waals surface area contributed by atoms with Crippen LogP contribution in [0.15, 0.2) is 48.5 Å². The van der Waals surface area contributed by atoms with E-state index in [1.54, 1.807) is 31.2 Å². The number of hydrogen-bond donors (Lipinski definition) is 1. The fraction of sp³-hybridized carbons (Fsp3) is 0.105. The molecule has 5 nitrogen and oxygen atoms in total. The van der Waals surface area contributed by atoms with Gasteiger partial charge in [0.05, 0.1) is 17.9 Å². The minimum absolute atomic E-state index is 0.102. The number of halogens is 2. The number of amides is 1. The largest absolute Gasteiger partial charge is 0.462 e. The van der Waals surface area contributed by atoms with E-state index in [0.717, 1.165) is 23.5 Å². The summed E-state index contributed by atoms with van der Waals surface area (Å²) in [6.45, 7) is 1.87. The van der Waals surface area contributed by atoms with Crippen molar-refractivity contribution in [2.75, 3.05) is 11.9 Å². The fourth-order valence-corrected chi connectivity index (χ4v) is 3.21. The molecular formula is C19H14F2N2O3S. The van der Waals surface area contributed by atoms with E-state index in [2.05, 4.69) is 10.3 Å². The van der Waals surface area contributed by atoms with Gasteiger partial charge in [-0.1, -0.05) is 41.7 Å². The Morgan fingerprint density at radius 2 is 1.89 bits per heavy atom. The summed E-state index contributed by atoms with van der Waals surface area (Å²) in [5.41, 5.74) is 0.699. The zero-order valence-electron chi connectivity index (χ0n) is 14.2. The summed E-state index contributed by atoms with van der Waals surface area (Å²) in [6.07, 6.45) is 0. The number of nitrogens with one attached hydrogen (secondary N) is 1. The van der Waals surface area contributed by atoms with Crippen molar-refractivity contribution in [2.24, 2.45) is 0 Å². The molecule has 2 aromatic carbocycles. The lowest BCUT2D eigenvalue weighted by Gasteiger charge is -2.03. The highest BCUT2D eigenvalue weighted by Gasteiger charge is 2.22. The minimum atomic E-state index is -0.988. The van der Waals surface area contributed by atoms with Gasteiger partial charge in [-0.15, -0.1) is 0 Å². The van der Waals surface area contributed by atoms with Crippen molar-refractivity contribution < 1.29 is 23.1 Å². The summed E-state index contributed by atoms with van der Waals surface area (Å²) >= 11 is 0.920. The van der Waals surface area contributed by atoms with Crippen LogP contribution in [-0.4, -0.2) is 23.5 Å². The molecule has 0 saturated carbocycles. The van der Waals surface area contributed by atoms with Crippen LogP contribution in [0.4, 0.5) is 13.9 Å². The maximum atomic E-state index is 13.8. The van der Waals surface area contributed by atoms with Crippen LogP contribution in [0.25, 0.3) is 11.3 Å². The average molecular weight is 388 g/mol. The molecular weight excluding hydrogens is 374 g/mol. The highest BCUT2D eigenvalue weighted by Crippen LogP contribution is 2.32. The Morgan fingerprint density at radius 1 is 1.15 bits per heavy atom. The fourth-order valence-electron chi connectivity index (χ4n) is 2.34. The van der Waals surface area contributed by atoms with E-state index in [1.165, 1.54) is 0 Å². The maximum Gasteiger partial charge on any atom is 0.350 e. The quantitative estimate of drug-likeness (QED) is 0.653. The van der Waals surface area contributed by atoms with Gasteiger partial charge in [-0.05, 0) is 19.1 Å². The van der Waals surface area contributed by atoms with Crippen molar-refractivity contribution in [3.8, 4) is 11.3 Å². The van der Waals surface area contributed by atoms with E-state index in [4.69, 9.17) is 4.74 Å². The molecule has 0 atom stereocenters. The Bertz CT molecular complexity index is 990. The molecule has 3 rings (SSSR count). The SMILES string of the molecule is CCOC(=O)c1sc(NC(=O)c2ccc(F)cc2F)nc1-c1ccccc1. The van der Waals surface area contributed by atoms with Crippen LogP contribution < -0.4 is 5.32 Å². The van der Waals surface area contributed by atoms with E-state index in [-0.39, 0.29) is 22.2 Å². The van der Waals surface area contributed by atoms with Gasteiger partial charge in [0, 0.05) is 11.6 Å². The van der Waals surface area contributed by atoms with Crippen molar-refractivity contribution in [3.63, 3.8) is 0 Å². The third kappa shape index (κ3) is 4.17. The molecule has 0 saturated heterocycles. The van der Waals surface area contributed by atoms with E-state index >= 15 is 0 Å². The number of esters is 1. The van der Waals surface area contributed by atoms with Crippen LogP contribution in [-0.2, 0) is 4.74 Å². The molecule has 8 heteroatoms. The zero-order chi connectivity index (χ0) is 19.4. The summed E-state index contributed by atoms with van der Waals surface area (Å²) in [5, 5.41) is 2.55. The number of thiazole rings is 1. The summed E-state index contributed by atoms with van der Waals surface area (Å²) in [7, 11) is 0. The summed E-state index contributed by atoms with van der Waals surface area (Å²) in [6, 6.07) is 11.6. The number of anilines is 1. The standard InChI is InChI=1S/C19H14F2N2O3S/c1-2-26-18(25)16-15(11-6-4-3-5-7-11)22-19(27-16)23-17(24)13-9-8-12(20)10-14(13)21/h3-10H,2H2,1H3,(H,22,23,24). The van der Waals surface area contributed by atoms with E-state index in [9.17, 15) is 18.4 Å². The molecule has 0 bridgehead atoms. The summed E-state index contributed by atoms with van der Waals surface area (Å²) in [5.74, 6) is -3.13. The van der Waals surface area contributed by atoms with Gasteiger partial charge >= 0.3 is 5.97 Å². The molecule has 3 aromatic rings. The Morgan fingerprint density at radius 3 is 2.56 bits per heavy atom. The second-order valence-electron chi connectivity index (χ2n) is 5.36. The Labute approximate surface area is 157 Å². The van der Waals surface area contributed by atoms with E-state index < -0.39 is 23.5 Å². The predicted octanol–water partition coefficient (Wildman–Crippen LogP) is 4.52. The van der Waals surface area contributed by atoms with Gasteiger partial charge < -0.3 is 4.74 Å². The molecule has 27 heavy (non-hydrogen) atoms. The van der Waals surface area contributed by atoms with Crippen molar-refractivity contribution >= 4 is 28.3 Å². The van der Waals surface area contributed by atoms with Crippen molar-refractivity contribution in [1.29, 1.82) is 0 Å². The van der Waals surface area contributed by atoms with Gasteiger partial charge in [0.15, 0.2) is 5.13 Å². The molecule has 0 aliphatic carbocycles. The number of ether oxygens (including phenoxy) is 1. The lowest BCUT2D eigenvalue weighted by Crippen LogP contribution is -2.13. The van der Waals surface area contributed by atoms with Crippen LogP contribution in [0.3, 0.4) is 0 Å². The predicted molar refractivity (Wildman–Crippen MR) is 97.8 cm³/mol. The zero-order valence-corrected chi connectivity index (χ0v) is 15.0. The molecule has 0 aliphatic rings. The Kier molecular flexibility index (Phi) is 5.56. The van der Waals surface area contributed by atoms with Crippen molar-refractivity contribution in [2.45, 2.75) is 6.92 Å². The molecule has 1 heterocycles. The Balaban J connectivity index is 1.94. The first-order valence-corrected chi connectivity index (χ1v) is 8.81. The number of aromatic nitrogens is 1. The highest BCUT2D eigenvalue weighted by molar-refractivity contribution is 7.18. The number of carbonyl (C=O) groups excluding carboxylic acids is 2. The van der Waals surface area contributed by atoms with Crippen molar-refractivity contribution in [1.82, 2.24) is 4.98 Å². The normalized spacial score (nSPS) is 10.5. The number of benzene rings is 2. The van der Waals surface area contributed by atoms with Crippen LogP contribution >= 0.6 is 11.3 Å². The van der Waals surface area contributed by atoms with Crippen LogP contribution in [0.2, 0.25) is 0 Å². The van der Waals surface area contributed by atoms with Gasteiger partial charge in [0.25, 0.3) is 5.91 Å². The van der Waals surface area contributed by atoms with Crippen molar-refractivity contribution in [3.05, 3.63) is 70.6 Å².